The molecule has 0 aliphatic rings. The van der Waals surface area contributed by atoms with Gasteiger partial charge in [0.25, 0.3) is 0 Å². The molecule has 1 aromatic heterocycles. The Morgan fingerprint density at radius 1 is 1.56 bits per heavy atom. The minimum atomic E-state index is -3.23. The Hall–Kier alpha value is -0.850. The van der Waals surface area contributed by atoms with Crippen LogP contribution in [-0.2, 0) is 16.4 Å². The Bertz CT molecular complexity index is 386. The number of hydrogen-bond donors (Lipinski definition) is 2. The first-order valence-electron chi connectivity index (χ1n) is 5.26. The van der Waals surface area contributed by atoms with Crippen molar-refractivity contribution in [2.75, 3.05) is 12.3 Å². The zero-order valence-electron chi connectivity index (χ0n) is 9.35. The number of sulfonamides is 1. The van der Waals surface area contributed by atoms with E-state index >= 15 is 0 Å². The summed E-state index contributed by atoms with van der Waals surface area (Å²) in [5.41, 5.74) is 5.21. The summed E-state index contributed by atoms with van der Waals surface area (Å²) in [5.74, 6) is 0.836. The van der Waals surface area contributed by atoms with E-state index in [1.54, 1.807) is 6.26 Å². The maximum atomic E-state index is 11.4. The van der Waals surface area contributed by atoms with Crippen LogP contribution in [0.1, 0.15) is 19.1 Å². The van der Waals surface area contributed by atoms with Crippen molar-refractivity contribution in [3.05, 3.63) is 24.2 Å². The molecule has 0 spiro atoms. The molecule has 1 rings (SSSR count). The van der Waals surface area contributed by atoms with Gasteiger partial charge in [-0.05, 0) is 25.5 Å². The molecule has 92 valence electrons. The molecule has 0 amide bonds. The quantitative estimate of drug-likeness (QED) is 0.732. The molecular weight excluding hydrogens is 228 g/mol. The fourth-order valence-electron chi connectivity index (χ4n) is 1.39. The molecule has 0 aliphatic carbocycles. The molecule has 0 aromatic carbocycles. The normalized spacial score (nSPS) is 13.9. The molecule has 1 atom stereocenters. The average Bonchev–Trinajstić information content (AvgIpc) is 2.66. The largest absolute Gasteiger partial charge is 0.469 e. The summed E-state index contributed by atoms with van der Waals surface area (Å²) >= 11 is 0. The van der Waals surface area contributed by atoms with Crippen LogP contribution in [0.2, 0.25) is 0 Å². The molecule has 6 heteroatoms. The molecule has 1 aromatic rings. The van der Waals surface area contributed by atoms with Gasteiger partial charge in [0.15, 0.2) is 0 Å². The summed E-state index contributed by atoms with van der Waals surface area (Å²) in [6, 6.07) is 3.58. The third-order valence-corrected chi connectivity index (χ3v) is 3.71. The number of aryl methyl sites for hydroxylation is 1. The third-order valence-electron chi connectivity index (χ3n) is 2.17. The van der Waals surface area contributed by atoms with Gasteiger partial charge < -0.3 is 10.2 Å². The summed E-state index contributed by atoms with van der Waals surface area (Å²) in [6.07, 6.45) is 3.04. The minimum absolute atomic E-state index is 0.0297. The highest BCUT2D eigenvalue weighted by Gasteiger charge is 2.13. The van der Waals surface area contributed by atoms with Crippen molar-refractivity contribution in [2.24, 2.45) is 5.73 Å². The number of rotatable bonds is 7. The minimum Gasteiger partial charge on any atom is -0.469 e. The lowest BCUT2D eigenvalue weighted by atomic mass is 10.2. The molecule has 0 radical (unpaired) electrons. The van der Waals surface area contributed by atoms with Gasteiger partial charge in [-0.2, -0.15) is 0 Å². The second-order valence-corrected chi connectivity index (χ2v) is 5.62. The van der Waals surface area contributed by atoms with Crippen LogP contribution in [0.5, 0.6) is 0 Å². The zero-order chi connectivity index (χ0) is 12.0. The Labute approximate surface area is 96.1 Å². The van der Waals surface area contributed by atoms with Crippen molar-refractivity contribution < 1.29 is 12.8 Å². The summed E-state index contributed by atoms with van der Waals surface area (Å²) < 4.78 is 30.5. The van der Waals surface area contributed by atoms with Crippen LogP contribution in [0.25, 0.3) is 0 Å². The van der Waals surface area contributed by atoms with E-state index in [9.17, 15) is 8.42 Å². The molecule has 0 bridgehead atoms. The van der Waals surface area contributed by atoms with Crippen LogP contribution in [-0.4, -0.2) is 26.8 Å². The maximum Gasteiger partial charge on any atom is 0.213 e. The standard InChI is InChI=1S/C10H18N2O3S/c1-9(12-16(13,14)8-6-11)4-5-10-3-2-7-15-10/h2-3,7,9,12H,4-6,8,11H2,1H3. The Morgan fingerprint density at radius 3 is 2.88 bits per heavy atom. The predicted octanol–water partition coefficient (Wildman–Crippen LogP) is 0.479. The number of furan rings is 1. The van der Waals surface area contributed by atoms with E-state index in [0.29, 0.717) is 6.42 Å². The second kappa shape index (κ2) is 6.03. The van der Waals surface area contributed by atoms with E-state index in [0.717, 1.165) is 12.2 Å². The number of nitrogens with two attached hydrogens (primary N) is 1. The summed E-state index contributed by atoms with van der Waals surface area (Å²) in [6.45, 7) is 1.97. The van der Waals surface area contributed by atoms with Gasteiger partial charge in [-0.3, -0.25) is 0 Å². The van der Waals surface area contributed by atoms with E-state index in [-0.39, 0.29) is 18.3 Å². The van der Waals surface area contributed by atoms with Crippen LogP contribution >= 0.6 is 0 Å². The molecule has 0 aliphatic heterocycles. The van der Waals surface area contributed by atoms with Gasteiger partial charge in [-0.25, -0.2) is 13.1 Å². The van der Waals surface area contributed by atoms with Crippen LogP contribution in [0, 0.1) is 0 Å². The lowest BCUT2D eigenvalue weighted by Gasteiger charge is -2.12. The summed E-state index contributed by atoms with van der Waals surface area (Å²) in [7, 11) is -3.23. The van der Waals surface area contributed by atoms with E-state index in [1.807, 2.05) is 19.1 Å². The van der Waals surface area contributed by atoms with Crippen LogP contribution in [0.4, 0.5) is 0 Å². The molecule has 0 fully saturated rings. The van der Waals surface area contributed by atoms with Crippen molar-refractivity contribution in [3.63, 3.8) is 0 Å². The highest BCUT2D eigenvalue weighted by atomic mass is 32.2. The Balaban J connectivity index is 2.33. The lowest BCUT2D eigenvalue weighted by molar-refractivity contribution is 0.480. The number of nitrogens with one attached hydrogen (secondary N) is 1. The smallest absolute Gasteiger partial charge is 0.213 e. The predicted molar refractivity (Wildman–Crippen MR) is 62.5 cm³/mol. The monoisotopic (exact) mass is 246 g/mol. The Kier molecular flexibility index (Phi) is 4.98. The molecule has 3 N–H and O–H groups in total. The van der Waals surface area contributed by atoms with Gasteiger partial charge in [0, 0.05) is 19.0 Å². The van der Waals surface area contributed by atoms with Crippen LogP contribution < -0.4 is 10.5 Å². The van der Waals surface area contributed by atoms with Crippen LogP contribution in [0.3, 0.4) is 0 Å². The fraction of sp³-hybridized carbons (Fsp3) is 0.600. The third kappa shape index (κ3) is 4.78. The van der Waals surface area contributed by atoms with Gasteiger partial charge in [0.05, 0.1) is 12.0 Å². The molecule has 0 saturated heterocycles. The van der Waals surface area contributed by atoms with Gasteiger partial charge in [-0.15, -0.1) is 0 Å². The average molecular weight is 246 g/mol. The first-order chi connectivity index (χ1) is 7.53. The summed E-state index contributed by atoms with van der Waals surface area (Å²) in [5, 5.41) is 0. The number of hydrogen-bond acceptors (Lipinski definition) is 4. The van der Waals surface area contributed by atoms with Crippen molar-refractivity contribution in [2.45, 2.75) is 25.8 Å². The molecule has 0 saturated carbocycles. The molecule has 5 nitrogen and oxygen atoms in total. The van der Waals surface area contributed by atoms with Gasteiger partial charge in [-0.1, -0.05) is 0 Å². The van der Waals surface area contributed by atoms with Crippen molar-refractivity contribution >= 4 is 10.0 Å². The van der Waals surface area contributed by atoms with Crippen molar-refractivity contribution in [1.82, 2.24) is 4.72 Å². The fourth-order valence-corrected chi connectivity index (χ4v) is 2.55. The van der Waals surface area contributed by atoms with Crippen molar-refractivity contribution in [1.29, 1.82) is 0 Å². The highest BCUT2D eigenvalue weighted by Crippen LogP contribution is 2.06. The van der Waals surface area contributed by atoms with Gasteiger partial charge in [0.1, 0.15) is 5.76 Å². The SMILES string of the molecule is CC(CCc1ccco1)NS(=O)(=O)CCN. The first-order valence-corrected chi connectivity index (χ1v) is 6.91. The highest BCUT2D eigenvalue weighted by molar-refractivity contribution is 7.89. The van der Waals surface area contributed by atoms with E-state index in [1.165, 1.54) is 0 Å². The molecular formula is C10H18N2O3S. The topological polar surface area (TPSA) is 85.3 Å². The zero-order valence-corrected chi connectivity index (χ0v) is 10.2. The molecule has 16 heavy (non-hydrogen) atoms. The van der Waals surface area contributed by atoms with E-state index < -0.39 is 10.0 Å². The summed E-state index contributed by atoms with van der Waals surface area (Å²) in [4.78, 5) is 0. The van der Waals surface area contributed by atoms with Gasteiger partial charge in [0.2, 0.25) is 10.0 Å². The molecule has 1 unspecified atom stereocenters. The second-order valence-electron chi connectivity index (χ2n) is 3.74. The van der Waals surface area contributed by atoms with E-state index in [2.05, 4.69) is 4.72 Å². The Morgan fingerprint density at radius 2 is 2.31 bits per heavy atom. The van der Waals surface area contributed by atoms with Crippen molar-refractivity contribution in [3.8, 4) is 0 Å². The van der Waals surface area contributed by atoms with E-state index in [4.69, 9.17) is 10.2 Å². The maximum absolute atomic E-state index is 11.4. The lowest BCUT2D eigenvalue weighted by Crippen LogP contribution is -2.36. The van der Waals surface area contributed by atoms with Gasteiger partial charge >= 0.3 is 0 Å². The van der Waals surface area contributed by atoms with Crippen LogP contribution in [0.15, 0.2) is 22.8 Å². The molecule has 1 heterocycles. The first kappa shape index (κ1) is 13.2.